The molecule has 0 bridgehead atoms. The lowest BCUT2D eigenvalue weighted by Gasteiger charge is -2.35. The quantitative estimate of drug-likeness (QED) is 0.496. The van der Waals surface area contributed by atoms with Gasteiger partial charge in [-0.15, -0.1) is 0 Å². The summed E-state index contributed by atoms with van der Waals surface area (Å²) in [6, 6.07) is 10.4. The minimum atomic E-state index is -0.646. The second-order valence-corrected chi connectivity index (χ2v) is 6.59. The molecular formula is C20H22N4O5. The molecule has 3 aromatic rings. The molecule has 152 valence electrons. The van der Waals surface area contributed by atoms with Crippen LogP contribution in [0, 0.1) is 10.1 Å². The number of aryl methyl sites for hydroxylation is 1. The van der Waals surface area contributed by atoms with Gasteiger partial charge in [0, 0.05) is 38.6 Å². The van der Waals surface area contributed by atoms with Gasteiger partial charge in [-0.05, 0) is 18.2 Å². The second kappa shape index (κ2) is 7.78. The molecule has 1 aliphatic rings. The number of hydrogen-bond donors (Lipinski definition) is 0. The minimum Gasteiger partial charge on any atom is -0.459 e. The summed E-state index contributed by atoms with van der Waals surface area (Å²) >= 11 is 0. The Kier molecular flexibility index (Phi) is 5.40. The van der Waals surface area contributed by atoms with Gasteiger partial charge in [-0.3, -0.25) is 19.7 Å². The van der Waals surface area contributed by atoms with E-state index in [4.69, 9.17) is 4.42 Å². The van der Waals surface area contributed by atoms with Gasteiger partial charge in [-0.25, -0.2) is 0 Å². The van der Waals surface area contributed by atoms with Crippen LogP contribution in [-0.2, 0) is 7.05 Å². The van der Waals surface area contributed by atoms with E-state index in [1.165, 1.54) is 17.9 Å². The Labute approximate surface area is 166 Å². The van der Waals surface area contributed by atoms with Gasteiger partial charge >= 0.3 is 11.2 Å². The molecule has 0 N–H and O–H groups in total. The summed E-state index contributed by atoms with van der Waals surface area (Å²) in [5.74, 6) is 0.0476. The van der Waals surface area contributed by atoms with Gasteiger partial charge in [0.15, 0.2) is 5.76 Å². The van der Waals surface area contributed by atoms with E-state index in [-0.39, 0.29) is 19.1 Å². The van der Waals surface area contributed by atoms with E-state index in [0.29, 0.717) is 42.8 Å². The van der Waals surface area contributed by atoms with Crippen LogP contribution in [0.3, 0.4) is 0 Å². The van der Waals surface area contributed by atoms with Gasteiger partial charge in [-0.2, -0.15) is 0 Å². The molecule has 1 fully saturated rings. The van der Waals surface area contributed by atoms with Crippen molar-refractivity contribution < 1.29 is 14.1 Å². The third kappa shape index (κ3) is 3.35. The average Bonchev–Trinajstić information content (AvgIpc) is 3.25. The SMILES string of the molecule is C.Cn1c(=O)c([N+](=O)[O-])c(N2CCN(C(=O)c3ccco3)CC2)c2ccccc21. The number of piperazine rings is 1. The number of rotatable bonds is 3. The Bertz CT molecular complexity index is 1110. The number of amides is 1. The fourth-order valence-corrected chi connectivity index (χ4v) is 3.64. The van der Waals surface area contributed by atoms with Crippen molar-refractivity contribution >= 4 is 28.2 Å². The first-order chi connectivity index (χ1) is 13.5. The number of hydrogen-bond acceptors (Lipinski definition) is 6. The topological polar surface area (TPSA) is 102 Å². The zero-order valence-corrected chi connectivity index (χ0v) is 15.2. The number of pyridine rings is 1. The summed E-state index contributed by atoms with van der Waals surface area (Å²) in [5, 5.41) is 12.3. The molecule has 1 aliphatic heterocycles. The lowest BCUT2D eigenvalue weighted by molar-refractivity contribution is -0.385. The van der Waals surface area contributed by atoms with Crippen LogP contribution in [0.1, 0.15) is 18.0 Å². The molecule has 1 aromatic carbocycles. The van der Waals surface area contributed by atoms with Crippen molar-refractivity contribution in [2.75, 3.05) is 31.1 Å². The van der Waals surface area contributed by atoms with Crippen molar-refractivity contribution in [3.8, 4) is 0 Å². The van der Waals surface area contributed by atoms with Crippen LogP contribution in [0.2, 0.25) is 0 Å². The molecule has 0 aliphatic carbocycles. The third-order valence-corrected chi connectivity index (χ3v) is 5.05. The van der Waals surface area contributed by atoms with Crippen LogP contribution in [0.5, 0.6) is 0 Å². The monoisotopic (exact) mass is 398 g/mol. The van der Waals surface area contributed by atoms with Gasteiger partial charge in [0.25, 0.3) is 5.91 Å². The van der Waals surface area contributed by atoms with Gasteiger partial charge in [0.05, 0.1) is 16.7 Å². The molecule has 29 heavy (non-hydrogen) atoms. The first-order valence-electron chi connectivity index (χ1n) is 8.83. The van der Waals surface area contributed by atoms with Crippen molar-refractivity contribution in [2.24, 2.45) is 7.05 Å². The molecule has 9 nitrogen and oxygen atoms in total. The molecule has 0 unspecified atom stereocenters. The number of furan rings is 1. The van der Waals surface area contributed by atoms with Crippen LogP contribution in [0.15, 0.2) is 51.9 Å². The third-order valence-electron chi connectivity index (χ3n) is 5.05. The highest BCUT2D eigenvalue weighted by Gasteiger charge is 2.32. The number of nitrogens with zero attached hydrogens (tertiary/aromatic N) is 4. The molecule has 0 radical (unpaired) electrons. The number of anilines is 1. The van der Waals surface area contributed by atoms with Gasteiger partial charge < -0.3 is 18.8 Å². The lowest BCUT2D eigenvalue weighted by Crippen LogP contribution is -2.49. The molecule has 0 atom stereocenters. The van der Waals surface area contributed by atoms with Crippen molar-refractivity contribution in [1.29, 1.82) is 0 Å². The normalized spacial score (nSPS) is 14.0. The number of carbonyl (C=O) groups is 1. The maximum atomic E-state index is 12.6. The van der Waals surface area contributed by atoms with E-state index in [1.807, 2.05) is 4.90 Å². The Balaban J connectivity index is 0.00000240. The summed E-state index contributed by atoms with van der Waals surface area (Å²) < 4.78 is 6.46. The van der Waals surface area contributed by atoms with E-state index < -0.39 is 16.2 Å². The molecule has 1 amide bonds. The summed E-state index contributed by atoms with van der Waals surface area (Å²) in [4.78, 5) is 39.6. The molecule has 2 aromatic heterocycles. The van der Waals surface area contributed by atoms with E-state index in [2.05, 4.69) is 0 Å². The summed E-state index contributed by atoms with van der Waals surface area (Å²) in [6.45, 7) is 1.51. The highest BCUT2D eigenvalue weighted by atomic mass is 16.6. The van der Waals surface area contributed by atoms with Crippen molar-refractivity contribution in [2.45, 2.75) is 7.43 Å². The standard InChI is InChI=1S/C19H18N4O5.CH4/c1-20-14-6-3-2-5-13(14)16(17(19(20)25)23(26)27)21-8-10-22(11-9-21)18(24)15-7-4-12-28-15;/h2-7,12H,8-11H2,1H3;1H4. The average molecular weight is 398 g/mol. The van der Waals surface area contributed by atoms with E-state index >= 15 is 0 Å². The van der Waals surface area contributed by atoms with Crippen molar-refractivity contribution in [3.63, 3.8) is 0 Å². The largest absolute Gasteiger partial charge is 0.459 e. The van der Waals surface area contributed by atoms with Gasteiger partial charge in [0.1, 0.15) is 5.69 Å². The summed E-state index contributed by atoms with van der Waals surface area (Å²) in [5.41, 5.74) is -0.143. The van der Waals surface area contributed by atoms with E-state index in [0.717, 1.165) is 0 Å². The molecule has 1 saturated heterocycles. The Morgan fingerprint density at radius 2 is 1.79 bits per heavy atom. The number of fused-ring (bicyclic) bond motifs is 1. The number of nitro groups is 1. The maximum Gasteiger partial charge on any atom is 0.357 e. The number of aromatic nitrogens is 1. The van der Waals surface area contributed by atoms with E-state index in [9.17, 15) is 19.7 Å². The summed E-state index contributed by atoms with van der Waals surface area (Å²) in [6.07, 6.45) is 1.44. The Morgan fingerprint density at radius 1 is 1.10 bits per heavy atom. The number of carbonyl (C=O) groups excluding carboxylic acids is 1. The molecule has 9 heteroatoms. The predicted octanol–water partition coefficient (Wildman–Crippen LogP) is 2.64. The van der Waals surface area contributed by atoms with Crippen molar-refractivity contribution in [1.82, 2.24) is 9.47 Å². The molecule has 4 rings (SSSR count). The smallest absolute Gasteiger partial charge is 0.357 e. The minimum absolute atomic E-state index is 0. The van der Waals surface area contributed by atoms with Crippen LogP contribution in [0.4, 0.5) is 11.4 Å². The fourth-order valence-electron chi connectivity index (χ4n) is 3.64. The maximum absolute atomic E-state index is 12.6. The van der Waals surface area contributed by atoms with Crippen LogP contribution in [-0.4, -0.2) is 46.5 Å². The molecule has 0 spiro atoms. The first-order valence-corrected chi connectivity index (χ1v) is 8.83. The molecule has 0 saturated carbocycles. The van der Waals surface area contributed by atoms with Crippen LogP contribution in [0.25, 0.3) is 10.9 Å². The predicted molar refractivity (Wildman–Crippen MR) is 109 cm³/mol. The highest BCUT2D eigenvalue weighted by Crippen LogP contribution is 2.33. The van der Waals surface area contributed by atoms with E-state index in [1.54, 1.807) is 41.3 Å². The van der Waals surface area contributed by atoms with Crippen LogP contribution < -0.4 is 10.5 Å². The lowest BCUT2D eigenvalue weighted by atomic mass is 10.1. The zero-order valence-electron chi connectivity index (χ0n) is 15.2. The number of benzene rings is 1. The fraction of sp³-hybridized carbons (Fsp3) is 0.300. The van der Waals surface area contributed by atoms with Gasteiger partial charge in [-0.1, -0.05) is 25.6 Å². The Hall–Kier alpha value is -3.62. The molecular weight excluding hydrogens is 376 g/mol. The number of para-hydroxylation sites is 1. The van der Waals surface area contributed by atoms with Gasteiger partial charge in [0.2, 0.25) is 0 Å². The Morgan fingerprint density at radius 3 is 2.41 bits per heavy atom. The van der Waals surface area contributed by atoms with Crippen LogP contribution >= 0.6 is 0 Å². The molecule has 3 heterocycles. The zero-order chi connectivity index (χ0) is 19.8. The summed E-state index contributed by atoms with van der Waals surface area (Å²) in [7, 11) is 1.53. The second-order valence-electron chi connectivity index (χ2n) is 6.59. The first kappa shape index (κ1) is 20.1. The highest BCUT2D eigenvalue weighted by molar-refractivity contribution is 5.97. The van der Waals surface area contributed by atoms with Crippen molar-refractivity contribution in [3.05, 3.63) is 68.9 Å².